The van der Waals surface area contributed by atoms with Crippen molar-refractivity contribution in [3.05, 3.63) is 59.2 Å². The van der Waals surface area contributed by atoms with Crippen LogP contribution in [0, 0.1) is 0 Å². The predicted molar refractivity (Wildman–Crippen MR) is 234 cm³/mol. The number of unbranched alkanes of at least 4 members (excludes halogenated alkanes) is 2. The van der Waals surface area contributed by atoms with Crippen LogP contribution >= 0.6 is 22.6 Å². The summed E-state index contributed by atoms with van der Waals surface area (Å²) in [6, 6.07) is 4.79. The van der Waals surface area contributed by atoms with Gasteiger partial charge in [0.05, 0.1) is 22.7 Å². The fourth-order valence-electron chi connectivity index (χ4n) is 5.29. The first kappa shape index (κ1) is 50.3. The number of aliphatic imine (C=N–C) groups is 2. The number of rotatable bonds is 24. The molecule has 3 rings (SSSR count). The number of nitrogens with two attached hydrogens (primary N) is 6. The third kappa shape index (κ3) is 16.4. The van der Waals surface area contributed by atoms with Gasteiger partial charge in [0.2, 0.25) is 11.8 Å². The van der Waals surface area contributed by atoms with E-state index < -0.39 is 56.0 Å². The highest BCUT2D eigenvalue weighted by molar-refractivity contribution is 14.1. The van der Waals surface area contributed by atoms with Gasteiger partial charge in [-0.3, -0.25) is 29.2 Å². The van der Waals surface area contributed by atoms with Crippen molar-refractivity contribution < 1.29 is 46.2 Å². The molecule has 0 unspecified atom stereocenters. The number of hydrogen-bond donors (Lipinski definition) is 10. The van der Waals surface area contributed by atoms with Crippen molar-refractivity contribution in [3.63, 3.8) is 0 Å². The van der Waals surface area contributed by atoms with E-state index in [0.717, 1.165) is 59.3 Å². The largest absolute Gasteiger partial charge is 0.488 e. The Morgan fingerprint density at radius 2 is 1.03 bits per heavy atom. The molecule has 1 aromatic heterocycles. The summed E-state index contributed by atoms with van der Waals surface area (Å²) in [7, 11) is 0. The Morgan fingerprint density at radius 3 is 1.39 bits per heavy atom. The Bertz CT molecular complexity index is 1970. The maximum Gasteiger partial charge on any atom is 0.321 e. The van der Waals surface area contributed by atoms with Gasteiger partial charge in [-0.05, 0) is 49.9 Å². The predicted octanol–water partition coefficient (Wildman–Crippen LogP) is 3.02. The average Bonchev–Trinajstić information content (AvgIpc) is 3.18. The van der Waals surface area contributed by atoms with E-state index in [4.69, 9.17) is 43.9 Å². The number of ether oxygens (including phenoxy) is 2. The summed E-state index contributed by atoms with van der Waals surface area (Å²) < 4.78 is 67.0. The first-order valence-corrected chi connectivity index (χ1v) is 19.9. The van der Waals surface area contributed by atoms with Crippen LogP contribution in [0.15, 0.2) is 46.6 Å². The summed E-state index contributed by atoms with van der Waals surface area (Å²) in [6.07, 6.45) is 2.35. The lowest BCUT2D eigenvalue weighted by Crippen LogP contribution is -2.23. The minimum Gasteiger partial charge on any atom is -0.488 e. The van der Waals surface area contributed by atoms with Crippen LogP contribution in [0.3, 0.4) is 0 Å². The Hall–Kier alpha value is -6.09. The van der Waals surface area contributed by atoms with Gasteiger partial charge in [0.25, 0.3) is 17.7 Å². The van der Waals surface area contributed by atoms with Gasteiger partial charge >= 0.3 is 3.93 Å². The molecule has 0 bridgehead atoms. The third-order valence-electron chi connectivity index (χ3n) is 8.13. The van der Waals surface area contributed by atoms with Crippen molar-refractivity contribution in [1.29, 1.82) is 0 Å². The van der Waals surface area contributed by atoms with Crippen LogP contribution in [0.2, 0.25) is 0 Å². The third-order valence-corrected chi connectivity index (χ3v) is 8.75. The van der Waals surface area contributed by atoms with E-state index in [9.17, 15) is 36.7 Å². The zero-order chi connectivity index (χ0) is 46.0. The second kappa shape index (κ2) is 23.8. The van der Waals surface area contributed by atoms with Gasteiger partial charge < -0.3 is 65.1 Å². The van der Waals surface area contributed by atoms with Crippen LogP contribution in [-0.4, -0.2) is 84.9 Å². The van der Waals surface area contributed by atoms with E-state index in [-0.39, 0.29) is 98.4 Å². The molecule has 2 aromatic carbocycles. The molecule has 4 amide bonds. The molecule has 16 N–H and O–H groups in total. The summed E-state index contributed by atoms with van der Waals surface area (Å²) in [4.78, 5) is 68.5. The van der Waals surface area contributed by atoms with E-state index in [1.165, 1.54) is 0 Å². The van der Waals surface area contributed by atoms with Crippen LogP contribution in [0.4, 0.5) is 40.3 Å². The summed E-state index contributed by atoms with van der Waals surface area (Å²) in [5.41, 5.74) is 29.4. The summed E-state index contributed by atoms with van der Waals surface area (Å²) >= 11 is 0.880. The Kier molecular flexibility index (Phi) is 19.3. The van der Waals surface area contributed by atoms with E-state index in [0.29, 0.717) is 32.6 Å². The maximum absolute atomic E-state index is 14.8. The second-order valence-electron chi connectivity index (χ2n) is 13.3. The molecule has 0 saturated carbocycles. The lowest BCUT2D eigenvalue weighted by molar-refractivity contribution is -0.117. The van der Waals surface area contributed by atoms with E-state index in [1.54, 1.807) is 0 Å². The number of anilines is 4. The smallest absolute Gasteiger partial charge is 0.321 e. The maximum atomic E-state index is 14.8. The SMILES string of the molecule is CC(F)(F)c1cc(NC(=O)CCCCN=C(N)N)c(OCCN)c(NC(=O)c2cc(C(=O)Nc3cc(C(F)(F)I)cc(NC(=O)CCCCN=C(N)N)c3OCCN)ncn2)c1. The molecule has 20 nitrogen and oxygen atoms in total. The first-order chi connectivity index (χ1) is 29.2. The van der Waals surface area contributed by atoms with E-state index in [2.05, 4.69) is 41.2 Å². The standard InChI is InChI=1S/C37H49F4IN14O6/c1-36(38,39)20-14-22(53-28(57)6-2-4-10-49-34(45)46)30(61-12-8-43)24(15-20)55-32(59)26-18-27(52-19-51-26)33(60)56-25-17-21(37(40,41)42)16-23(31(25)62-13-9-44)54-29(58)7-3-5-11-50-35(47)48/h14-19H,2-13,43-44H2,1H3,(H,53,57)(H,54,58)(H,55,59)(H,56,60)(H4,45,46,49)(H4,47,48,50). The van der Waals surface area contributed by atoms with Crippen molar-refractivity contribution in [2.24, 2.45) is 44.4 Å². The lowest BCUT2D eigenvalue weighted by atomic mass is 10.1. The monoisotopic (exact) mass is 988 g/mol. The summed E-state index contributed by atoms with van der Waals surface area (Å²) in [5, 5.41) is 9.94. The quantitative estimate of drug-likeness (QED) is 0.0154. The molecule has 0 saturated heterocycles. The Morgan fingerprint density at radius 1 is 0.645 bits per heavy atom. The highest BCUT2D eigenvalue weighted by atomic mass is 127. The topological polar surface area (TPSA) is 341 Å². The lowest BCUT2D eigenvalue weighted by Gasteiger charge is -2.21. The van der Waals surface area contributed by atoms with Crippen LogP contribution in [0.5, 0.6) is 11.5 Å². The molecule has 0 atom stereocenters. The number of benzene rings is 2. The Labute approximate surface area is 366 Å². The van der Waals surface area contributed by atoms with Gasteiger partial charge in [0.1, 0.15) is 30.9 Å². The molecule has 0 aliphatic carbocycles. The Balaban J connectivity index is 1.95. The number of amides is 4. The number of hydrogen-bond acceptors (Lipinski definition) is 12. The zero-order valence-corrected chi connectivity index (χ0v) is 35.7. The van der Waals surface area contributed by atoms with E-state index >= 15 is 0 Å². The number of nitrogens with one attached hydrogen (secondary N) is 4. The van der Waals surface area contributed by atoms with Gasteiger partial charge in [-0.2, -0.15) is 8.78 Å². The number of aromatic nitrogens is 2. The first-order valence-electron chi connectivity index (χ1n) is 18.9. The molecule has 0 aliphatic rings. The number of halogens is 5. The number of alkyl halides is 5. The molecule has 62 heavy (non-hydrogen) atoms. The number of nitrogens with zero attached hydrogens (tertiary/aromatic N) is 4. The molecule has 3 aromatic rings. The summed E-state index contributed by atoms with van der Waals surface area (Å²) in [5.74, 6) is -7.30. The average molecular weight is 989 g/mol. The fourth-order valence-corrected chi connectivity index (χ4v) is 5.61. The molecule has 1 heterocycles. The van der Waals surface area contributed by atoms with E-state index in [1.807, 2.05) is 0 Å². The minimum atomic E-state index is -3.49. The van der Waals surface area contributed by atoms with Crippen molar-refractivity contribution >= 4 is 80.9 Å². The van der Waals surface area contributed by atoms with Crippen LogP contribution < -0.4 is 65.1 Å². The van der Waals surface area contributed by atoms with Gasteiger partial charge in [-0.1, -0.05) is 0 Å². The molecule has 0 aliphatic heterocycles. The number of carbonyl (C=O) groups is 4. The fraction of sp³-hybridized carbons (Fsp3) is 0.405. The number of carbonyl (C=O) groups excluding carboxylic acids is 4. The van der Waals surface area contributed by atoms with Crippen molar-refractivity contribution in [2.45, 2.75) is 55.3 Å². The van der Waals surface area contributed by atoms with Gasteiger partial charge in [0.15, 0.2) is 23.4 Å². The molecule has 338 valence electrons. The van der Waals surface area contributed by atoms with Gasteiger partial charge in [-0.25, -0.2) is 18.7 Å². The normalized spacial score (nSPS) is 11.2. The number of guanidine groups is 2. The van der Waals surface area contributed by atoms with Crippen LogP contribution in [-0.2, 0) is 19.4 Å². The summed E-state index contributed by atoms with van der Waals surface area (Å²) in [6.45, 7) is 0.760. The van der Waals surface area contributed by atoms with Crippen molar-refractivity contribution in [3.8, 4) is 11.5 Å². The second-order valence-corrected chi connectivity index (χ2v) is 14.6. The molecular formula is C37H49F4IN14O6. The zero-order valence-electron chi connectivity index (χ0n) is 33.5. The van der Waals surface area contributed by atoms with Gasteiger partial charge in [0, 0.05) is 85.7 Å². The minimum absolute atomic E-state index is 0.0331. The molecule has 0 radical (unpaired) electrons. The van der Waals surface area contributed by atoms with Crippen molar-refractivity contribution in [2.75, 3.05) is 60.7 Å². The van der Waals surface area contributed by atoms with Crippen molar-refractivity contribution in [1.82, 2.24) is 9.97 Å². The van der Waals surface area contributed by atoms with Crippen LogP contribution in [0.25, 0.3) is 0 Å². The highest BCUT2D eigenvalue weighted by Crippen LogP contribution is 2.44. The molecule has 0 spiro atoms. The molecule has 0 fully saturated rings. The van der Waals surface area contributed by atoms with Gasteiger partial charge in [-0.15, -0.1) is 0 Å². The molecule has 25 heteroatoms. The van der Waals surface area contributed by atoms with Crippen LogP contribution in [0.1, 0.15) is 77.6 Å². The molecular weight excluding hydrogens is 939 g/mol. The highest BCUT2D eigenvalue weighted by Gasteiger charge is 2.32.